The SMILES string of the molecule is N=C1CC=CC=C1Sc1cccc2ccccc12. The third-order valence-electron chi connectivity index (χ3n) is 2.97. The van der Waals surface area contributed by atoms with Crippen LogP contribution in [0.25, 0.3) is 10.8 Å². The summed E-state index contributed by atoms with van der Waals surface area (Å²) in [5.74, 6) is 0. The molecule has 0 amide bonds. The number of benzene rings is 2. The fourth-order valence-corrected chi connectivity index (χ4v) is 3.07. The van der Waals surface area contributed by atoms with Gasteiger partial charge in [0.15, 0.2) is 0 Å². The molecule has 0 aromatic heterocycles. The summed E-state index contributed by atoms with van der Waals surface area (Å²) >= 11 is 1.69. The predicted molar refractivity (Wildman–Crippen MR) is 79.4 cm³/mol. The topological polar surface area (TPSA) is 23.9 Å². The van der Waals surface area contributed by atoms with Crippen molar-refractivity contribution in [3.8, 4) is 0 Å². The first-order valence-corrected chi connectivity index (χ1v) is 6.76. The Morgan fingerprint density at radius 2 is 1.83 bits per heavy atom. The number of hydrogen-bond acceptors (Lipinski definition) is 2. The zero-order valence-corrected chi connectivity index (χ0v) is 10.7. The smallest absolute Gasteiger partial charge is 0.0490 e. The van der Waals surface area contributed by atoms with Crippen LogP contribution >= 0.6 is 11.8 Å². The van der Waals surface area contributed by atoms with Crippen LogP contribution < -0.4 is 0 Å². The maximum atomic E-state index is 7.96. The minimum absolute atomic E-state index is 0.704. The van der Waals surface area contributed by atoms with E-state index in [0.717, 1.165) is 11.3 Å². The predicted octanol–water partition coefficient (Wildman–Crippen LogP) is 4.80. The van der Waals surface area contributed by atoms with E-state index < -0.39 is 0 Å². The molecular weight excluding hydrogens is 238 g/mol. The Hall–Kier alpha value is -1.80. The monoisotopic (exact) mass is 251 g/mol. The van der Waals surface area contributed by atoms with Crippen LogP contribution in [0, 0.1) is 5.41 Å². The Bertz CT molecular complexity index is 662. The van der Waals surface area contributed by atoms with Crippen LogP contribution in [0.15, 0.2) is 70.5 Å². The quantitative estimate of drug-likeness (QED) is 0.814. The average molecular weight is 251 g/mol. The molecule has 0 unspecified atom stereocenters. The summed E-state index contributed by atoms with van der Waals surface area (Å²) in [5.41, 5.74) is 0.704. The second-order valence-electron chi connectivity index (χ2n) is 4.22. The van der Waals surface area contributed by atoms with Gasteiger partial charge in [-0.3, -0.25) is 0 Å². The van der Waals surface area contributed by atoms with E-state index in [9.17, 15) is 0 Å². The van der Waals surface area contributed by atoms with Crippen molar-refractivity contribution in [3.63, 3.8) is 0 Å². The fourth-order valence-electron chi connectivity index (χ4n) is 2.04. The number of allylic oxidation sites excluding steroid dienone is 4. The van der Waals surface area contributed by atoms with E-state index >= 15 is 0 Å². The van der Waals surface area contributed by atoms with E-state index in [0.29, 0.717) is 5.71 Å². The molecule has 2 heteroatoms. The van der Waals surface area contributed by atoms with Gasteiger partial charge in [0.1, 0.15) is 0 Å². The second-order valence-corrected chi connectivity index (χ2v) is 5.30. The Morgan fingerprint density at radius 1 is 1.00 bits per heavy atom. The lowest BCUT2D eigenvalue weighted by Gasteiger charge is -2.11. The lowest BCUT2D eigenvalue weighted by Crippen LogP contribution is -1.99. The molecule has 2 aromatic rings. The highest BCUT2D eigenvalue weighted by Gasteiger charge is 2.10. The highest BCUT2D eigenvalue weighted by atomic mass is 32.2. The molecule has 0 aliphatic heterocycles. The molecule has 1 aliphatic carbocycles. The standard InChI is InChI=1S/C16H13NS/c17-14-9-3-4-10-16(14)18-15-11-5-7-12-6-1-2-8-13(12)15/h1-8,10-11,17H,9H2. The molecule has 1 N–H and O–H groups in total. The zero-order chi connectivity index (χ0) is 12.4. The van der Waals surface area contributed by atoms with Gasteiger partial charge in [-0.1, -0.05) is 60.3 Å². The molecule has 88 valence electrons. The van der Waals surface area contributed by atoms with Gasteiger partial charge in [-0.2, -0.15) is 0 Å². The highest BCUT2D eigenvalue weighted by Crippen LogP contribution is 2.34. The summed E-state index contributed by atoms with van der Waals surface area (Å²) in [6.45, 7) is 0. The van der Waals surface area contributed by atoms with Crippen LogP contribution in [-0.2, 0) is 0 Å². The number of hydrogen-bond donors (Lipinski definition) is 1. The number of thioether (sulfide) groups is 1. The lowest BCUT2D eigenvalue weighted by molar-refractivity contribution is 1.36. The van der Waals surface area contributed by atoms with Gasteiger partial charge in [0.25, 0.3) is 0 Å². The van der Waals surface area contributed by atoms with E-state index in [2.05, 4.69) is 42.5 Å². The Morgan fingerprint density at radius 3 is 2.72 bits per heavy atom. The van der Waals surface area contributed by atoms with Crippen LogP contribution in [0.1, 0.15) is 6.42 Å². The fraction of sp³-hybridized carbons (Fsp3) is 0.0625. The molecule has 1 aliphatic rings. The van der Waals surface area contributed by atoms with E-state index in [-0.39, 0.29) is 0 Å². The lowest BCUT2D eigenvalue weighted by atomic mass is 10.1. The number of rotatable bonds is 2. The Kier molecular flexibility index (Phi) is 3.03. The highest BCUT2D eigenvalue weighted by molar-refractivity contribution is 8.04. The van der Waals surface area contributed by atoms with Crippen LogP contribution in [0.3, 0.4) is 0 Å². The molecule has 0 atom stereocenters. The van der Waals surface area contributed by atoms with E-state index in [4.69, 9.17) is 5.41 Å². The largest absolute Gasteiger partial charge is 0.304 e. The van der Waals surface area contributed by atoms with Crippen LogP contribution in [0.5, 0.6) is 0 Å². The molecule has 1 nitrogen and oxygen atoms in total. The first-order valence-electron chi connectivity index (χ1n) is 5.95. The minimum Gasteiger partial charge on any atom is -0.304 e. The van der Waals surface area contributed by atoms with Crippen molar-refractivity contribution in [2.75, 3.05) is 0 Å². The van der Waals surface area contributed by atoms with E-state index in [1.807, 2.05) is 18.2 Å². The van der Waals surface area contributed by atoms with Gasteiger partial charge >= 0.3 is 0 Å². The number of fused-ring (bicyclic) bond motifs is 1. The molecule has 0 heterocycles. The van der Waals surface area contributed by atoms with Gasteiger partial charge in [-0.15, -0.1) is 0 Å². The van der Waals surface area contributed by atoms with Gasteiger partial charge in [-0.05, 0) is 22.9 Å². The molecule has 0 spiro atoms. The van der Waals surface area contributed by atoms with Crippen LogP contribution in [-0.4, -0.2) is 5.71 Å². The third-order valence-corrected chi connectivity index (χ3v) is 4.15. The Labute approximate surface area is 111 Å². The molecule has 0 saturated carbocycles. The molecular formula is C16H13NS. The molecule has 0 saturated heterocycles. The van der Waals surface area contributed by atoms with Crippen molar-refractivity contribution in [2.24, 2.45) is 0 Å². The van der Waals surface area contributed by atoms with Crippen LogP contribution in [0.2, 0.25) is 0 Å². The first kappa shape index (κ1) is 11.3. The van der Waals surface area contributed by atoms with Gasteiger partial charge in [0.2, 0.25) is 0 Å². The van der Waals surface area contributed by atoms with E-state index in [1.54, 1.807) is 11.8 Å². The maximum Gasteiger partial charge on any atom is 0.0490 e. The minimum atomic E-state index is 0.704. The summed E-state index contributed by atoms with van der Waals surface area (Å²) in [5, 5.41) is 10.5. The van der Waals surface area contributed by atoms with Gasteiger partial charge in [0, 0.05) is 21.9 Å². The molecule has 2 aromatic carbocycles. The molecule has 0 bridgehead atoms. The van der Waals surface area contributed by atoms with Crippen molar-refractivity contribution in [1.82, 2.24) is 0 Å². The van der Waals surface area contributed by atoms with Crippen molar-refractivity contribution in [1.29, 1.82) is 5.41 Å². The van der Waals surface area contributed by atoms with Gasteiger partial charge in [0.05, 0.1) is 0 Å². The summed E-state index contributed by atoms with van der Waals surface area (Å²) in [6, 6.07) is 14.7. The molecule has 0 fully saturated rings. The third kappa shape index (κ3) is 2.12. The number of nitrogens with one attached hydrogen (secondary N) is 1. The summed E-state index contributed by atoms with van der Waals surface area (Å²) < 4.78 is 0. The zero-order valence-electron chi connectivity index (χ0n) is 9.89. The Balaban J connectivity index is 2.03. The second kappa shape index (κ2) is 4.83. The van der Waals surface area contributed by atoms with Gasteiger partial charge in [-0.25, -0.2) is 0 Å². The van der Waals surface area contributed by atoms with E-state index in [1.165, 1.54) is 15.7 Å². The first-order chi connectivity index (χ1) is 8.84. The average Bonchev–Trinajstić information content (AvgIpc) is 2.42. The summed E-state index contributed by atoms with van der Waals surface area (Å²) in [4.78, 5) is 2.27. The van der Waals surface area contributed by atoms with Crippen molar-refractivity contribution >= 4 is 28.2 Å². The van der Waals surface area contributed by atoms with Crippen molar-refractivity contribution in [2.45, 2.75) is 11.3 Å². The van der Waals surface area contributed by atoms with Crippen LogP contribution in [0.4, 0.5) is 0 Å². The molecule has 0 radical (unpaired) electrons. The maximum absolute atomic E-state index is 7.96. The molecule has 18 heavy (non-hydrogen) atoms. The summed E-state index contributed by atoms with van der Waals surface area (Å²) in [6.07, 6.45) is 6.82. The van der Waals surface area contributed by atoms with Crippen molar-refractivity contribution < 1.29 is 0 Å². The van der Waals surface area contributed by atoms with Gasteiger partial charge < -0.3 is 5.41 Å². The summed E-state index contributed by atoms with van der Waals surface area (Å²) in [7, 11) is 0. The molecule has 3 rings (SSSR count). The normalized spacial score (nSPS) is 14.9. The van der Waals surface area contributed by atoms with Crippen molar-refractivity contribution in [3.05, 3.63) is 65.6 Å².